The third kappa shape index (κ3) is 2.07. The first-order valence-corrected chi connectivity index (χ1v) is 5.74. The molecule has 0 spiro atoms. The minimum absolute atomic E-state index is 1.03. The zero-order valence-electron chi connectivity index (χ0n) is 10.1. The maximum atomic E-state index is 4.08. The maximum absolute atomic E-state index is 4.08. The van der Waals surface area contributed by atoms with E-state index in [4.69, 9.17) is 0 Å². The summed E-state index contributed by atoms with van der Waals surface area (Å²) in [5.74, 6) is 0. The van der Waals surface area contributed by atoms with Gasteiger partial charge in [0.1, 0.15) is 0 Å². The number of rotatable bonds is 3. The van der Waals surface area contributed by atoms with Crippen LogP contribution in [-0.4, -0.2) is 0 Å². The van der Waals surface area contributed by atoms with Gasteiger partial charge in [-0.05, 0) is 40.9 Å². The molecular formula is C17H16. The average molecular weight is 220 g/mol. The van der Waals surface area contributed by atoms with Gasteiger partial charge >= 0.3 is 0 Å². The van der Waals surface area contributed by atoms with Gasteiger partial charge in [0.25, 0.3) is 0 Å². The molecule has 0 aliphatic heterocycles. The van der Waals surface area contributed by atoms with Crippen LogP contribution in [0.4, 0.5) is 0 Å². The highest BCUT2D eigenvalue weighted by atomic mass is 14.2. The van der Waals surface area contributed by atoms with Crippen LogP contribution in [0, 0.1) is 0 Å². The van der Waals surface area contributed by atoms with Crippen molar-refractivity contribution in [3.63, 3.8) is 0 Å². The van der Waals surface area contributed by atoms with Crippen molar-refractivity contribution >= 4 is 5.57 Å². The number of allylic oxidation sites excluding steroid dienone is 8. The average Bonchev–Trinajstić information content (AvgIpc) is 2.67. The van der Waals surface area contributed by atoms with Crippen LogP contribution < -0.4 is 0 Å². The zero-order valence-corrected chi connectivity index (χ0v) is 10.1. The summed E-state index contributed by atoms with van der Waals surface area (Å²) in [6, 6.07) is 10.4. The standard InChI is InChI=1S/C17H16/c1-4-9-16-15(5-2)13(3)12-17(16)14-10-7-6-8-11-14/h4-12H,2-3H2,1H3/b9-4-. The summed E-state index contributed by atoms with van der Waals surface area (Å²) in [6.45, 7) is 9.97. The molecule has 84 valence electrons. The molecule has 0 heterocycles. The van der Waals surface area contributed by atoms with Crippen molar-refractivity contribution in [1.82, 2.24) is 0 Å². The fraction of sp³-hybridized carbons (Fsp3) is 0.0588. The molecule has 0 saturated heterocycles. The van der Waals surface area contributed by atoms with Gasteiger partial charge in [0.05, 0.1) is 0 Å². The Kier molecular flexibility index (Phi) is 3.24. The highest BCUT2D eigenvalue weighted by molar-refractivity contribution is 5.91. The van der Waals surface area contributed by atoms with Crippen LogP contribution in [0.3, 0.4) is 0 Å². The molecule has 0 heteroatoms. The van der Waals surface area contributed by atoms with Gasteiger partial charge in [-0.1, -0.05) is 61.7 Å². The first kappa shape index (κ1) is 11.4. The van der Waals surface area contributed by atoms with Gasteiger partial charge in [0.15, 0.2) is 0 Å². The van der Waals surface area contributed by atoms with Crippen LogP contribution in [0.25, 0.3) is 5.57 Å². The lowest BCUT2D eigenvalue weighted by molar-refractivity contribution is 1.55. The van der Waals surface area contributed by atoms with Crippen LogP contribution in [0.1, 0.15) is 12.5 Å². The predicted molar refractivity (Wildman–Crippen MR) is 75.6 cm³/mol. The van der Waals surface area contributed by atoms with Crippen molar-refractivity contribution in [3.8, 4) is 0 Å². The summed E-state index contributed by atoms with van der Waals surface area (Å²) in [6.07, 6.45) is 8.17. The van der Waals surface area contributed by atoms with E-state index in [1.807, 2.05) is 25.1 Å². The Bertz CT molecular complexity index is 537. The van der Waals surface area contributed by atoms with Crippen LogP contribution >= 0.6 is 0 Å². The minimum Gasteiger partial charge on any atom is -0.0984 e. The largest absolute Gasteiger partial charge is 0.0984 e. The monoisotopic (exact) mass is 220 g/mol. The van der Waals surface area contributed by atoms with E-state index in [1.54, 1.807) is 0 Å². The second-order valence-electron chi connectivity index (χ2n) is 3.98. The maximum Gasteiger partial charge on any atom is -0.00994 e. The Morgan fingerprint density at radius 1 is 1.06 bits per heavy atom. The number of hydrogen-bond acceptors (Lipinski definition) is 0. The first-order chi connectivity index (χ1) is 8.27. The van der Waals surface area contributed by atoms with E-state index in [0.29, 0.717) is 0 Å². The molecule has 0 unspecified atom stereocenters. The lowest BCUT2D eigenvalue weighted by atomic mass is 9.98. The molecule has 0 N–H and O–H groups in total. The normalized spacial score (nSPS) is 15.6. The van der Waals surface area contributed by atoms with Crippen LogP contribution in [0.5, 0.6) is 0 Å². The Hall–Kier alpha value is -2.08. The van der Waals surface area contributed by atoms with Crippen LogP contribution in [0.2, 0.25) is 0 Å². The van der Waals surface area contributed by atoms with Crippen molar-refractivity contribution in [1.29, 1.82) is 0 Å². The van der Waals surface area contributed by atoms with Gasteiger partial charge < -0.3 is 0 Å². The quantitative estimate of drug-likeness (QED) is 0.692. The fourth-order valence-corrected chi connectivity index (χ4v) is 2.09. The van der Waals surface area contributed by atoms with E-state index in [-0.39, 0.29) is 0 Å². The molecule has 0 aromatic heterocycles. The van der Waals surface area contributed by atoms with Gasteiger partial charge in [-0.2, -0.15) is 0 Å². The van der Waals surface area contributed by atoms with Gasteiger partial charge in [-0.25, -0.2) is 0 Å². The highest BCUT2D eigenvalue weighted by Gasteiger charge is 2.17. The van der Waals surface area contributed by atoms with Gasteiger partial charge in [-0.15, -0.1) is 0 Å². The Labute approximate surface area is 103 Å². The van der Waals surface area contributed by atoms with Gasteiger partial charge in [-0.3, -0.25) is 0 Å². The summed E-state index contributed by atoms with van der Waals surface area (Å²) in [5, 5.41) is 0. The Balaban J connectivity index is 2.56. The lowest BCUT2D eigenvalue weighted by Crippen LogP contribution is -1.85. The summed E-state index contributed by atoms with van der Waals surface area (Å²) in [5.41, 5.74) is 5.81. The van der Waals surface area contributed by atoms with E-state index in [1.165, 1.54) is 16.7 Å². The van der Waals surface area contributed by atoms with E-state index in [2.05, 4.69) is 49.6 Å². The SMILES string of the molecule is C=CC1=C(/C=C\C)C(c2ccccc2)=CC1=C. The third-order valence-corrected chi connectivity index (χ3v) is 2.87. The van der Waals surface area contributed by atoms with E-state index in [0.717, 1.165) is 11.1 Å². The van der Waals surface area contributed by atoms with E-state index >= 15 is 0 Å². The number of hydrogen-bond donors (Lipinski definition) is 0. The summed E-state index contributed by atoms with van der Waals surface area (Å²) in [4.78, 5) is 0. The molecule has 0 saturated carbocycles. The first-order valence-electron chi connectivity index (χ1n) is 5.74. The predicted octanol–water partition coefficient (Wildman–Crippen LogP) is 4.70. The highest BCUT2D eigenvalue weighted by Crippen LogP contribution is 2.37. The summed E-state index contributed by atoms with van der Waals surface area (Å²) < 4.78 is 0. The van der Waals surface area contributed by atoms with Crippen molar-refractivity contribution < 1.29 is 0 Å². The van der Waals surface area contributed by atoms with Crippen LogP contribution in [-0.2, 0) is 0 Å². The van der Waals surface area contributed by atoms with Crippen molar-refractivity contribution in [2.75, 3.05) is 0 Å². The van der Waals surface area contributed by atoms with Gasteiger partial charge in [0, 0.05) is 0 Å². The Morgan fingerprint density at radius 3 is 2.35 bits per heavy atom. The molecular weight excluding hydrogens is 204 g/mol. The molecule has 0 nitrogen and oxygen atoms in total. The molecule has 2 rings (SSSR count). The van der Waals surface area contributed by atoms with Crippen LogP contribution in [0.15, 0.2) is 84.5 Å². The lowest BCUT2D eigenvalue weighted by Gasteiger charge is -2.05. The minimum atomic E-state index is 1.03. The van der Waals surface area contributed by atoms with Crippen molar-refractivity contribution in [3.05, 3.63) is 90.1 Å². The molecule has 1 aliphatic rings. The number of benzene rings is 1. The molecule has 1 aliphatic carbocycles. The molecule has 17 heavy (non-hydrogen) atoms. The summed E-state index contributed by atoms with van der Waals surface area (Å²) >= 11 is 0. The molecule has 1 aromatic carbocycles. The van der Waals surface area contributed by atoms with Crippen molar-refractivity contribution in [2.24, 2.45) is 0 Å². The topological polar surface area (TPSA) is 0 Å². The van der Waals surface area contributed by atoms with E-state index in [9.17, 15) is 0 Å². The molecule has 1 aromatic rings. The van der Waals surface area contributed by atoms with Gasteiger partial charge in [0.2, 0.25) is 0 Å². The molecule has 0 fully saturated rings. The molecule has 0 radical (unpaired) electrons. The molecule has 0 atom stereocenters. The summed E-state index contributed by atoms with van der Waals surface area (Å²) in [7, 11) is 0. The van der Waals surface area contributed by atoms with Crippen molar-refractivity contribution in [2.45, 2.75) is 6.92 Å². The molecule has 0 amide bonds. The second-order valence-corrected chi connectivity index (χ2v) is 3.98. The zero-order chi connectivity index (χ0) is 12.3. The van der Waals surface area contributed by atoms with E-state index < -0.39 is 0 Å². The fourth-order valence-electron chi connectivity index (χ4n) is 2.09. The second kappa shape index (κ2) is 4.84. The smallest absolute Gasteiger partial charge is 0.00994 e. The molecule has 0 bridgehead atoms. The Morgan fingerprint density at radius 2 is 1.76 bits per heavy atom. The third-order valence-electron chi connectivity index (χ3n) is 2.87.